The fraction of sp³-hybridized carbons (Fsp3) is 0.333. The molecule has 0 aliphatic heterocycles. The van der Waals surface area contributed by atoms with E-state index in [-0.39, 0.29) is 17.0 Å². The van der Waals surface area contributed by atoms with Crippen molar-refractivity contribution in [3.63, 3.8) is 0 Å². The third-order valence-corrected chi connectivity index (χ3v) is 5.77. The molecule has 3 rings (SSSR count). The lowest BCUT2D eigenvalue weighted by Crippen LogP contribution is -2.50. The molecule has 3 aromatic rings. The topological polar surface area (TPSA) is 32.7 Å². The van der Waals surface area contributed by atoms with E-state index in [2.05, 4.69) is 0 Å². The molecule has 0 radical (unpaired) electrons. The van der Waals surface area contributed by atoms with E-state index in [1.165, 1.54) is 24.3 Å². The van der Waals surface area contributed by atoms with Crippen LogP contribution in [0.2, 0.25) is 0 Å². The zero-order valence-electron chi connectivity index (χ0n) is 20.9. The van der Waals surface area contributed by atoms with Crippen molar-refractivity contribution in [2.24, 2.45) is 0 Å². The van der Waals surface area contributed by atoms with Gasteiger partial charge in [-0.3, -0.25) is 0 Å². The number of hydrogen-bond donors (Lipinski definition) is 1. The normalized spacial score (nSPS) is 14.2. The maximum absolute atomic E-state index is 14.3. The molecule has 0 bridgehead atoms. The van der Waals surface area contributed by atoms with Gasteiger partial charge in [-0.2, -0.15) is 30.7 Å². The van der Waals surface area contributed by atoms with Crippen LogP contribution < -0.4 is 9.64 Å². The van der Waals surface area contributed by atoms with Gasteiger partial charge in [0.25, 0.3) is 12.3 Å². The summed E-state index contributed by atoms with van der Waals surface area (Å²) in [7, 11) is 0. The minimum atomic E-state index is -6.57. The molecule has 13 heteroatoms. The van der Waals surface area contributed by atoms with Crippen LogP contribution in [0.15, 0.2) is 66.7 Å². The number of nitrogens with zero attached hydrogens (tertiary/aromatic N) is 1. The highest BCUT2D eigenvalue weighted by atomic mass is 19.4. The Labute approximate surface area is 222 Å². The van der Waals surface area contributed by atoms with Crippen molar-refractivity contribution in [2.75, 3.05) is 11.4 Å². The first-order valence-electron chi connectivity index (χ1n) is 11.6. The van der Waals surface area contributed by atoms with Crippen LogP contribution in [0, 0.1) is 13.8 Å². The maximum Gasteiger partial charge on any atom is 0.460 e. The van der Waals surface area contributed by atoms with Crippen LogP contribution in [0.1, 0.15) is 22.3 Å². The Morgan fingerprint density at radius 1 is 0.775 bits per heavy atom. The molecule has 40 heavy (non-hydrogen) atoms. The van der Waals surface area contributed by atoms with E-state index in [4.69, 9.17) is 4.74 Å². The van der Waals surface area contributed by atoms with Crippen LogP contribution in [0.25, 0.3) is 0 Å². The first kappa shape index (κ1) is 31.1. The monoisotopic (exact) mass is 583 g/mol. The second kappa shape index (κ2) is 11.2. The van der Waals surface area contributed by atoms with Crippen molar-refractivity contribution < 1.29 is 53.7 Å². The average molecular weight is 583 g/mol. The molecule has 0 saturated carbocycles. The Bertz CT molecular complexity index is 1300. The Kier molecular flexibility index (Phi) is 8.68. The highest BCUT2D eigenvalue weighted by Gasteiger charge is 2.73. The van der Waals surface area contributed by atoms with Gasteiger partial charge >= 0.3 is 18.0 Å². The number of rotatable bonds is 10. The predicted molar refractivity (Wildman–Crippen MR) is 127 cm³/mol. The number of hydrogen-bond acceptors (Lipinski definition) is 3. The highest BCUT2D eigenvalue weighted by molar-refractivity contribution is 5.53. The SMILES string of the molecule is Cc1cc(C)cc(Oc2cccc(N(Cc3cccc(C(F)(F)C(F)(F)C(F)(F)F)c3)CC(O)(F)C(F)F)c2)c1. The van der Waals surface area contributed by atoms with E-state index in [9.17, 15) is 49.0 Å². The molecule has 0 fully saturated rings. The molecular formula is C27H23F10NO2. The van der Waals surface area contributed by atoms with Crippen molar-refractivity contribution in [3.8, 4) is 11.5 Å². The summed E-state index contributed by atoms with van der Waals surface area (Å²) in [4.78, 5) is 0.777. The van der Waals surface area contributed by atoms with Gasteiger partial charge in [0.1, 0.15) is 11.5 Å². The zero-order valence-corrected chi connectivity index (χ0v) is 20.9. The van der Waals surface area contributed by atoms with Gasteiger partial charge in [0.05, 0.1) is 6.54 Å². The van der Waals surface area contributed by atoms with Crippen LogP contribution >= 0.6 is 0 Å². The number of anilines is 1. The Morgan fingerprint density at radius 2 is 1.38 bits per heavy atom. The molecule has 0 aromatic heterocycles. The van der Waals surface area contributed by atoms with Crippen molar-refractivity contribution in [1.29, 1.82) is 0 Å². The molecule has 0 aliphatic rings. The second-order valence-electron chi connectivity index (χ2n) is 9.25. The molecule has 1 N–H and O–H groups in total. The van der Waals surface area contributed by atoms with Crippen LogP contribution in [0.3, 0.4) is 0 Å². The first-order chi connectivity index (χ1) is 18.3. The fourth-order valence-corrected chi connectivity index (χ4v) is 3.89. The summed E-state index contributed by atoms with van der Waals surface area (Å²) >= 11 is 0. The summed E-state index contributed by atoms with van der Waals surface area (Å²) in [5, 5.41) is 9.61. The van der Waals surface area contributed by atoms with Crippen LogP contribution in [-0.2, 0) is 12.5 Å². The van der Waals surface area contributed by atoms with Crippen LogP contribution in [0.5, 0.6) is 11.5 Å². The fourth-order valence-electron chi connectivity index (χ4n) is 3.89. The van der Waals surface area contributed by atoms with Crippen molar-refractivity contribution in [3.05, 3.63) is 89.0 Å². The van der Waals surface area contributed by atoms with Gasteiger partial charge in [0.15, 0.2) is 0 Å². The standard InChI is InChI=1S/C27H23F10NO2/c1-16-9-17(2)11-22(10-16)40-21-8-4-7-20(13-21)38(15-24(30,39)23(28)29)14-18-5-3-6-19(12-18)25(31,32)26(33,34)27(35,36)37/h3-13,23,39H,14-15H2,1-2H3. The number of benzene rings is 3. The van der Waals surface area contributed by atoms with Gasteiger partial charge in [-0.25, -0.2) is 13.2 Å². The average Bonchev–Trinajstić information content (AvgIpc) is 2.82. The maximum atomic E-state index is 14.3. The smallest absolute Gasteiger partial charge is 0.457 e. The third kappa shape index (κ3) is 6.80. The lowest BCUT2D eigenvalue weighted by molar-refractivity contribution is -0.359. The third-order valence-electron chi connectivity index (χ3n) is 5.77. The summed E-state index contributed by atoms with van der Waals surface area (Å²) in [6, 6.07) is 13.1. The summed E-state index contributed by atoms with van der Waals surface area (Å²) in [6.45, 7) is 1.46. The van der Waals surface area contributed by atoms with Gasteiger partial charge < -0.3 is 14.7 Å². The largest absolute Gasteiger partial charge is 0.460 e. The molecule has 218 valence electrons. The lowest BCUT2D eigenvalue weighted by Gasteiger charge is -2.31. The number of aliphatic hydroxyl groups is 1. The Morgan fingerprint density at radius 3 is 1.95 bits per heavy atom. The molecule has 3 nitrogen and oxygen atoms in total. The summed E-state index contributed by atoms with van der Waals surface area (Å²) < 4.78 is 140. The molecular weight excluding hydrogens is 560 g/mol. The molecule has 0 saturated heterocycles. The van der Waals surface area contributed by atoms with E-state index in [0.717, 1.165) is 28.2 Å². The lowest BCUT2D eigenvalue weighted by atomic mass is 9.99. The van der Waals surface area contributed by atoms with Crippen molar-refractivity contribution >= 4 is 5.69 Å². The molecule has 3 aromatic carbocycles. The highest BCUT2D eigenvalue weighted by Crippen LogP contribution is 2.51. The summed E-state index contributed by atoms with van der Waals surface area (Å²) in [5.41, 5.74) is -0.402. The van der Waals surface area contributed by atoms with Crippen molar-refractivity contribution in [2.45, 2.75) is 50.7 Å². The van der Waals surface area contributed by atoms with E-state index in [1.807, 2.05) is 19.9 Å². The summed E-state index contributed by atoms with van der Waals surface area (Å²) in [6.07, 6.45) is -10.5. The number of halogens is 10. The Hall–Kier alpha value is -3.48. The first-order valence-corrected chi connectivity index (χ1v) is 11.6. The van der Waals surface area contributed by atoms with Crippen molar-refractivity contribution in [1.82, 2.24) is 0 Å². The minimum absolute atomic E-state index is 0.0589. The number of ether oxygens (including phenoxy) is 1. The van der Waals surface area contributed by atoms with Gasteiger partial charge in [0, 0.05) is 23.9 Å². The number of aryl methyl sites for hydroxylation is 2. The molecule has 0 aliphatic carbocycles. The van der Waals surface area contributed by atoms with E-state index < -0.39 is 49.0 Å². The van der Waals surface area contributed by atoms with Crippen LogP contribution in [-0.4, -0.2) is 36.0 Å². The quantitative estimate of drug-likeness (QED) is 0.244. The Balaban J connectivity index is 1.99. The summed E-state index contributed by atoms with van der Waals surface area (Å²) in [5.74, 6) is -15.7. The van der Waals surface area contributed by atoms with Gasteiger partial charge in [0.2, 0.25) is 0 Å². The molecule has 1 unspecified atom stereocenters. The van der Waals surface area contributed by atoms with E-state index >= 15 is 0 Å². The van der Waals surface area contributed by atoms with Gasteiger partial charge in [-0.1, -0.05) is 30.3 Å². The van der Waals surface area contributed by atoms with E-state index in [1.54, 1.807) is 12.1 Å². The van der Waals surface area contributed by atoms with Crippen LogP contribution in [0.4, 0.5) is 49.6 Å². The number of alkyl halides is 10. The van der Waals surface area contributed by atoms with Gasteiger partial charge in [-0.15, -0.1) is 0 Å². The molecule has 0 heterocycles. The predicted octanol–water partition coefficient (Wildman–Crippen LogP) is 8.31. The van der Waals surface area contributed by atoms with E-state index in [0.29, 0.717) is 17.9 Å². The molecule has 1 atom stereocenters. The van der Waals surface area contributed by atoms with Gasteiger partial charge in [-0.05, 0) is 60.9 Å². The molecule has 0 amide bonds. The second-order valence-corrected chi connectivity index (χ2v) is 9.25. The minimum Gasteiger partial charge on any atom is -0.457 e. The zero-order chi connectivity index (χ0) is 30.1. The molecule has 0 spiro atoms.